The van der Waals surface area contributed by atoms with Crippen molar-refractivity contribution in [2.24, 2.45) is 0 Å². The summed E-state index contributed by atoms with van der Waals surface area (Å²) in [5.41, 5.74) is 2.84. The van der Waals surface area contributed by atoms with E-state index in [1.807, 2.05) is 17.0 Å². The van der Waals surface area contributed by atoms with Crippen molar-refractivity contribution in [2.45, 2.75) is 31.6 Å². The molecule has 1 aromatic rings. The van der Waals surface area contributed by atoms with Crippen molar-refractivity contribution >= 4 is 21.4 Å². The first-order valence-electron chi connectivity index (χ1n) is 7.06. The van der Waals surface area contributed by atoms with E-state index in [-0.39, 0.29) is 0 Å². The summed E-state index contributed by atoms with van der Waals surface area (Å²) in [5.74, 6) is 0. The van der Waals surface area contributed by atoms with Crippen molar-refractivity contribution in [3.05, 3.63) is 16.6 Å². The van der Waals surface area contributed by atoms with Crippen LogP contribution < -0.4 is 0 Å². The zero-order valence-corrected chi connectivity index (χ0v) is 13.7. The topological polar surface area (TPSA) is 77.3 Å². The van der Waals surface area contributed by atoms with Crippen LogP contribution in [0.1, 0.15) is 25.5 Å². The minimum absolute atomic E-state index is 0.331. The molecule has 0 radical (unpaired) electrons. The van der Waals surface area contributed by atoms with Gasteiger partial charge in [0.1, 0.15) is 0 Å². The van der Waals surface area contributed by atoms with Gasteiger partial charge in [-0.25, -0.2) is 13.4 Å². The Labute approximate surface area is 130 Å². The molecule has 1 fully saturated rings. The average Bonchev–Trinajstić information content (AvgIpc) is 2.84. The molecule has 1 aliphatic heterocycles. The molecule has 21 heavy (non-hydrogen) atoms. The molecule has 1 atom stereocenters. The van der Waals surface area contributed by atoms with Crippen LogP contribution in [0.3, 0.4) is 0 Å². The Hall–Kier alpha value is -1.01. The highest BCUT2D eigenvalue weighted by Gasteiger charge is 2.32. The van der Waals surface area contributed by atoms with Gasteiger partial charge in [0.2, 0.25) is 10.0 Å². The van der Waals surface area contributed by atoms with E-state index in [1.165, 1.54) is 4.31 Å². The highest BCUT2D eigenvalue weighted by molar-refractivity contribution is 7.90. The molecule has 2 heterocycles. The van der Waals surface area contributed by atoms with E-state index < -0.39 is 15.3 Å². The van der Waals surface area contributed by atoms with Crippen LogP contribution in [-0.2, 0) is 16.6 Å². The summed E-state index contributed by atoms with van der Waals surface area (Å²) in [6.07, 6.45) is 1.11. The molecule has 0 bridgehead atoms. The van der Waals surface area contributed by atoms with E-state index in [4.69, 9.17) is 5.26 Å². The molecule has 0 N–H and O–H groups in total. The van der Waals surface area contributed by atoms with Gasteiger partial charge in [-0.3, -0.25) is 4.90 Å². The van der Waals surface area contributed by atoms with Crippen LogP contribution in [0.4, 0.5) is 0 Å². The van der Waals surface area contributed by atoms with E-state index in [9.17, 15) is 8.42 Å². The van der Waals surface area contributed by atoms with Crippen LogP contribution in [0.25, 0.3) is 0 Å². The van der Waals surface area contributed by atoms with Gasteiger partial charge in [-0.15, -0.1) is 11.3 Å². The van der Waals surface area contributed by atoms with E-state index >= 15 is 0 Å². The maximum atomic E-state index is 12.4. The quantitative estimate of drug-likeness (QED) is 0.814. The summed E-state index contributed by atoms with van der Waals surface area (Å²) < 4.78 is 26.3. The van der Waals surface area contributed by atoms with Crippen molar-refractivity contribution < 1.29 is 8.42 Å². The number of aromatic nitrogens is 1. The molecule has 2 rings (SSSR count). The molecule has 1 saturated heterocycles. The Kier molecular flexibility index (Phi) is 5.70. The molecule has 116 valence electrons. The zero-order chi connectivity index (χ0) is 15.3. The van der Waals surface area contributed by atoms with Gasteiger partial charge in [-0.1, -0.05) is 6.92 Å². The maximum Gasteiger partial charge on any atom is 0.230 e. The molecule has 0 aliphatic carbocycles. The normalized spacial score (nSPS) is 19.8. The van der Waals surface area contributed by atoms with Crippen molar-refractivity contribution in [1.29, 1.82) is 5.26 Å². The molecule has 8 heteroatoms. The second-order valence-electron chi connectivity index (χ2n) is 5.08. The van der Waals surface area contributed by atoms with Crippen LogP contribution in [0.5, 0.6) is 0 Å². The minimum Gasteiger partial charge on any atom is -0.296 e. The Balaban J connectivity index is 1.99. The Morgan fingerprint density at radius 2 is 2.24 bits per heavy atom. The molecule has 1 unspecified atom stereocenters. The van der Waals surface area contributed by atoms with Gasteiger partial charge < -0.3 is 0 Å². The number of nitrogens with zero attached hydrogens (tertiary/aromatic N) is 4. The number of rotatable bonds is 5. The number of sulfonamides is 1. The fraction of sp³-hybridized carbons (Fsp3) is 0.692. The Morgan fingerprint density at radius 3 is 2.86 bits per heavy atom. The lowest BCUT2D eigenvalue weighted by Gasteiger charge is -2.23. The first-order valence-corrected chi connectivity index (χ1v) is 9.50. The minimum atomic E-state index is -3.50. The standard InChI is InChI=1S/C13H20N4O2S2/c1-2-13(8-14)21(18,19)17-5-3-4-16(6-7-17)9-12-10-20-11-15-12/h10-11,13H,2-7,9H2,1H3. The van der Waals surface area contributed by atoms with Gasteiger partial charge in [-0.2, -0.15) is 9.57 Å². The Morgan fingerprint density at radius 1 is 1.43 bits per heavy atom. The molecule has 0 spiro atoms. The van der Waals surface area contributed by atoms with Gasteiger partial charge in [0.05, 0.1) is 17.3 Å². The summed E-state index contributed by atoms with van der Waals surface area (Å²) in [4.78, 5) is 6.49. The van der Waals surface area contributed by atoms with Crippen LogP contribution in [-0.4, -0.2) is 54.0 Å². The number of nitriles is 1. The first-order chi connectivity index (χ1) is 10.1. The van der Waals surface area contributed by atoms with Crippen LogP contribution in [0, 0.1) is 11.3 Å². The van der Waals surface area contributed by atoms with E-state index in [0.717, 1.165) is 25.2 Å². The fourth-order valence-electron chi connectivity index (χ4n) is 2.45. The van der Waals surface area contributed by atoms with E-state index in [2.05, 4.69) is 9.88 Å². The van der Waals surface area contributed by atoms with Gasteiger partial charge in [0.25, 0.3) is 0 Å². The second kappa shape index (κ2) is 7.31. The monoisotopic (exact) mass is 328 g/mol. The van der Waals surface area contributed by atoms with Gasteiger partial charge in [0.15, 0.2) is 5.25 Å². The van der Waals surface area contributed by atoms with Crippen molar-refractivity contribution in [3.63, 3.8) is 0 Å². The largest absolute Gasteiger partial charge is 0.296 e. The van der Waals surface area contributed by atoms with Crippen LogP contribution >= 0.6 is 11.3 Å². The highest BCUT2D eigenvalue weighted by Crippen LogP contribution is 2.16. The maximum absolute atomic E-state index is 12.4. The summed E-state index contributed by atoms with van der Waals surface area (Å²) in [7, 11) is -3.50. The third kappa shape index (κ3) is 4.01. The number of thiazole rings is 1. The molecular formula is C13H20N4O2S2. The fourth-order valence-corrected chi connectivity index (χ4v) is 4.64. The lowest BCUT2D eigenvalue weighted by molar-refractivity contribution is 0.276. The molecule has 0 amide bonds. The Bertz CT molecular complexity index is 580. The molecule has 6 nitrogen and oxygen atoms in total. The van der Waals surface area contributed by atoms with Crippen molar-refractivity contribution in [3.8, 4) is 6.07 Å². The van der Waals surface area contributed by atoms with Crippen LogP contribution in [0.2, 0.25) is 0 Å². The lowest BCUT2D eigenvalue weighted by Crippen LogP contribution is -2.40. The summed E-state index contributed by atoms with van der Waals surface area (Å²) >= 11 is 1.57. The number of hydrogen-bond acceptors (Lipinski definition) is 6. The molecule has 1 aromatic heterocycles. The summed E-state index contributed by atoms with van der Waals surface area (Å²) in [6, 6.07) is 1.91. The first kappa shape index (κ1) is 16.4. The van der Waals surface area contributed by atoms with E-state index in [0.29, 0.717) is 26.1 Å². The highest BCUT2D eigenvalue weighted by atomic mass is 32.2. The molecule has 1 aliphatic rings. The zero-order valence-electron chi connectivity index (χ0n) is 12.1. The molecular weight excluding hydrogens is 308 g/mol. The van der Waals surface area contributed by atoms with Crippen LogP contribution in [0.15, 0.2) is 10.9 Å². The van der Waals surface area contributed by atoms with Crippen molar-refractivity contribution in [1.82, 2.24) is 14.2 Å². The van der Waals surface area contributed by atoms with E-state index in [1.54, 1.807) is 18.3 Å². The third-order valence-electron chi connectivity index (χ3n) is 3.65. The lowest BCUT2D eigenvalue weighted by atomic mass is 10.3. The smallest absolute Gasteiger partial charge is 0.230 e. The SMILES string of the molecule is CCC(C#N)S(=O)(=O)N1CCCN(Cc2cscn2)CC1. The van der Waals surface area contributed by atoms with Gasteiger partial charge in [0, 0.05) is 31.6 Å². The predicted molar refractivity (Wildman–Crippen MR) is 82.2 cm³/mol. The summed E-state index contributed by atoms with van der Waals surface area (Å²) in [6.45, 7) is 4.97. The van der Waals surface area contributed by atoms with Gasteiger partial charge >= 0.3 is 0 Å². The average molecular weight is 328 g/mol. The second-order valence-corrected chi connectivity index (χ2v) is 7.91. The predicted octanol–water partition coefficient (Wildman–Crippen LogP) is 1.28. The van der Waals surface area contributed by atoms with Crippen molar-refractivity contribution in [2.75, 3.05) is 26.2 Å². The molecule has 0 saturated carbocycles. The number of hydrogen-bond donors (Lipinski definition) is 0. The van der Waals surface area contributed by atoms with Gasteiger partial charge in [-0.05, 0) is 19.4 Å². The summed E-state index contributed by atoms with van der Waals surface area (Å²) in [5, 5.41) is 10.1. The third-order valence-corrected chi connectivity index (χ3v) is 6.53. The molecule has 0 aromatic carbocycles.